The highest BCUT2D eigenvalue weighted by atomic mass is 35.7. The van der Waals surface area contributed by atoms with E-state index in [9.17, 15) is 31.2 Å². The first-order chi connectivity index (χ1) is 31.5. The number of hydrogen-bond donors (Lipinski definition) is 2. The smallest absolute Gasteiger partial charge is 0.410 e. The van der Waals surface area contributed by atoms with Gasteiger partial charge in [0.15, 0.2) is 0 Å². The van der Waals surface area contributed by atoms with Gasteiger partial charge in [-0.1, -0.05) is 84.9 Å². The van der Waals surface area contributed by atoms with Gasteiger partial charge in [-0.15, -0.1) is 0 Å². The molecule has 0 spiro atoms. The molecule has 2 aliphatic heterocycles. The average molecular weight is 952 g/mol. The van der Waals surface area contributed by atoms with Crippen molar-refractivity contribution in [3.8, 4) is 0 Å². The van der Waals surface area contributed by atoms with Crippen LogP contribution in [0.4, 0.5) is 4.79 Å². The number of fused-ring (bicyclic) bond motifs is 4. The number of rotatable bonds is 5. The number of piperidine rings is 2. The number of aromatic nitrogens is 4. The number of halogens is 1. The molecule has 0 saturated carbocycles. The first-order valence-corrected chi connectivity index (χ1v) is 25.5. The number of ether oxygens (including phenoxy) is 1. The molecular formula is C49H51ClN6O8S2. The molecule has 0 bridgehead atoms. The Morgan fingerprint density at radius 3 is 1.71 bits per heavy atom. The predicted octanol–water partition coefficient (Wildman–Crippen LogP) is 8.79. The third kappa shape index (κ3) is 9.96. The molecule has 10 rings (SSSR count). The SMILES string of the molecule is CC(C)(C)OC(=O)N1CCC(n2c(=O)[nH]c3ccccc32)CC1.O=S(=O)(Cl)c1ccc2ccccc2c1.O=c1n(C2CCNCC2)c2ccccc2n1S(=O)(=O)c1ccc2ccccc2c1. The molecule has 1 amide bonds. The van der Waals surface area contributed by atoms with Crippen LogP contribution < -0.4 is 16.7 Å². The van der Waals surface area contributed by atoms with Crippen molar-refractivity contribution in [1.82, 2.24) is 28.3 Å². The van der Waals surface area contributed by atoms with Gasteiger partial charge in [0.05, 0.1) is 31.9 Å². The normalized spacial score (nSPS) is 15.3. The number of carbonyl (C=O) groups excluding carboxylic acids is 1. The van der Waals surface area contributed by atoms with Crippen LogP contribution in [0.3, 0.4) is 0 Å². The molecule has 8 aromatic rings. The first kappa shape index (κ1) is 46.3. The summed E-state index contributed by atoms with van der Waals surface area (Å²) in [6.45, 7) is 8.43. The molecule has 17 heteroatoms. The highest BCUT2D eigenvalue weighted by molar-refractivity contribution is 8.13. The van der Waals surface area contributed by atoms with Crippen LogP contribution in [0.25, 0.3) is 43.6 Å². The van der Waals surface area contributed by atoms with Crippen molar-refractivity contribution in [3.63, 3.8) is 0 Å². The summed E-state index contributed by atoms with van der Waals surface area (Å²) in [6, 6.07) is 39.8. The van der Waals surface area contributed by atoms with Crippen molar-refractivity contribution in [2.24, 2.45) is 0 Å². The number of hydrogen-bond acceptors (Lipinski definition) is 9. The van der Waals surface area contributed by atoms with Crippen LogP contribution in [-0.2, 0) is 23.8 Å². The van der Waals surface area contributed by atoms with E-state index in [1.54, 1.807) is 51.9 Å². The molecule has 0 atom stereocenters. The first-order valence-electron chi connectivity index (χ1n) is 21.8. The van der Waals surface area contributed by atoms with E-state index in [0.29, 0.717) is 24.1 Å². The summed E-state index contributed by atoms with van der Waals surface area (Å²) in [5.41, 5.74) is 1.80. The van der Waals surface area contributed by atoms with Gasteiger partial charge in [0.1, 0.15) is 5.60 Å². The van der Waals surface area contributed by atoms with Crippen LogP contribution in [0.2, 0.25) is 0 Å². The Labute approximate surface area is 386 Å². The lowest BCUT2D eigenvalue weighted by atomic mass is 10.0. The second-order valence-corrected chi connectivity index (χ2v) is 21.7. The minimum Gasteiger partial charge on any atom is -0.444 e. The number of H-pyrrole nitrogens is 1. The van der Waals surface area contributed by atoms with Crippen LogP contribution in [0.5, 0.6) is 0 Å². The van der Waals surface area contributed by atoms with Crippen molar-refractivity contribution in [1.29, 1.82) is 0 Å². The van der Waals surface area contributed by atoms with E-state index in [1.807, 2.05) is 110 Å². The number of carbonyl (C=O) groups is 1. The maximum atomic E-state index is 13.5. The van der Waals surface area contributed by atoms with Crippen molar-refractivity contribution in [2.45, 2.75) is 73.9 Å². The second-order valence-electron chi connectivity index (χ2n) is 17.4. The number of aromatic amines is 1. The summed E-state index contributed by atoms with van der Waals surface area (Å²) < 4.78 is 59.0. The quantitative estimate of drug-likeness (QED) is 0.160. The van der Waals surface area contributed by atoms with Crippen LogP contribution in [0.1, 0.15) is 58.5 Å². The summed E-state index contributed by atoms with van der Waals surface area (Å²) in [6.07, 6.45) is 2.82. The Kier molecular flexibility index (Phi) is 13.3. The Bertz CT molecular complexity index is 3410. The Morgan fingerprint density at radius 1 is 0.621 bits per heavy atom. The Balaban J connectivity index is 0.000000143. The number of nitrogens with one attached hydrogen (secondary N) is 2. The van der Waals surface area contributed by atoms with Gasteiger partial charge < -0.3 is 19.9 Å². The molecule has 66 heavy (non-hydrogen) atoms. The minimum atomic E-state index is -4.04. The maximum Gasteiger partial charge on any atom is 0.410 e. The standard InChI is InChI=1S/C22H21N3O3S.C17H23N3O3.C10H7ClO2S/c26-22-24(18-11-13-23-14-12-18)20-7-3-4-8-21(20)25(22)29(27,28)19-10-9-16-5-1-2-6-17(16)15-19;1-17(2,3)23-16(22)19-10-8-12(9-11-19)20-14-7-5-4-6-13(14)18-15(20)21;11-14(12,13)10-6-5-8-3-1-2-4-9(8)7-10/h1-10,15,18,23H,11-14H2;4-7,12H,8-11H2,1-3H3,(H,18,21);1-7H. The van der Waals surface area contributed by atoms with E-state index in [4.69, 9.17) is 15.4 Å². The van der Waals surface area contributed by atoms with Gasteiger partial charge in [-0.3, -0.25) is 9.13 Å². The zero-order chi connectivity index (χ0) is 46.8. The lowest BCUT2D eigenvalue weighted by Gasteiger charge is -2.33. The van der Waals surface area contributed by atoms with E-state index < -0.39 is 30.4 Å². The van der Waals surface area contributed by atoms with Crippen LogP contribution in [-0.4, -0.2) is 77.7 Å². The summed E-state index contributed by atoms with van der Waals surface area (Å²) in [4.78, 5) is 42.6. The molecular weight excluding hydrogens is 900 g/mol. The topological polar surface area (TPSA) is 175 Å². The monoisotopic (exact) mass is 950 g/mol. The number of nitrogens with zero attached hydrogens (tertiary/aromatic N) is 4. The Morgan fingerprint density at radius 2 is 1.12 bits per heavy atom. The molecule has 2 saturated heterocycles. The fourth-order valence-electron chi connectivity index (χ4n) is 8.62. The van der Waals surface area contributed by atoms with Crippen molar-refractivity contribution in [2.75, 3.05) is 26.2 Å². The molecule has 2 N–H and O–H groups in total. The largest absolute Gasteiger partial charge is 0.444 e. The van der Waals surface area contributed by atoms with E-state index in [-0.39, 0.29) is 33.7 Å². The summed E-state index contributed by atoms with van der Waals surface area (Å²) in [5, 5.41) is 6.94. The molecule has 14 nitrogen and oxygen atoms in total. The van der Waals surface area contributed by atoms with Crippen molar-refractivity contribution < 1.29 is 26.4 Å². The lowest BCUT2D eigenvalue weighted by Crippen LogP contribution is -2.43. The zero-order valence-electron chi connectivity index (χ0n) is 36.8. The van der Waals surface area contributed by atoms with E-state index in [1.165, 1.54) is 6.07 Å². The van der Waals surface area contributed by atoms with Crippen molar-refractivity contribution in [3.05, 3.63) is 154 Å². The van der Waals surface area contributed by atoms with Crippen molar-refractivity contribution >= 4 is 79.5 Å². The van der Waals surface area contributed by atoms with Gasteiger partial charge >= 0.3 is 17.5 Å². The highest BCUT2D eigenvalue weighted by Gasteiger charge is 2.30. The fourth-order valence-corrected chi connectivity index (χ4v) is 10.8. The van der Waals surface area contributed by atoms with E-state index in [2.05, 4.69) is 10.3 Å². The predicted molar refractivity (Wildman–Crippen MR) is 259 cm³/mol. The molecule has 2 fully saturated rings. The second kappa shape index (κ2) is 19.0. The lowest BCUT2D eigenvalue weighted by molar-refractivity contribution is 0.0189. The molecule has 4 heterocycles. The average Bonchev–Trinajstić information content (AvgIpc) is 3.81. The molecule has 0 aliphatic carbocycles. The van der Waals surface area contributed by atoms with Crippen LogP contribution in [0, 0.1) is 0 Å². The fraction of sp³-hybridized carbons (Fsp3) is 0.286. The van der Waals surface area contributed by atoms with E-state index >= 15 is 0 Å². The third-order valence-electron chi connectivity index (χ3n) is 11.8. The van der Waals surface area contributed by atoms with Gasteiger partial charge in [-0.05, 0) is 130 Å². The molecule has 0 unspecified atom stereocenters. The molecule has 2 aromatic heterocycles. The third-order valence-corrected chi connectivity index (χ3v) is 14.8. The molecule has 6 aromatic carbocycles. The minimum absolute atomic E-state index is 0.0123. The molecule has 344 valence electrons. The van der Waals surface area contributed by atoms with Gasteiger partial charge in [0.2, 0.25) is 0 Å². The summed E-state index contributed by atoms with van der Waals surface area (Å²) in [7, 11) is -2.43. The van der Waals surface area contributed by atoms with Gasteiger partial charge in [-0.2, -0.15) is 3.97 Å². The number of benzene rings is 6. The van der Waals surface area contributed by atoms with Gasteiger partial charge in [-0.25, -0.2) is 31.2 Å². The van der Waals surface area contributed by atoms with Gasteiger partial charge in [0.25, 0.3) is 19.1 Å². The number of likely N-dealkylation sites (tertiary alicyclic amines) is 1. The Hall–Kier alpha value is -6.20. The number of para-hydroxylation sites is 4. The molecule has 2 aliphatic rings. The summed E-state index contributed by atoms with van der Waals surface area (Å²) >= 11 is 0. The zero-order valence-corrected chi connectivity index (χ0v) is 39.2. The maximum absolute atomic E-state index is 13.5. The number of amides is 1. The van der Waals surface area contributed by atoms with Crippen LogP contribution in [0.15, 0.2) is 153 Å². The van der Waals surface area contributed by atoms with Crippen LogP contribution >= 0.6 is 10.7 Å². The van der Waals surface area contributed by atoms with Gasteiger partial charge in [0, 0.05) is 35.9 Å². The highest BCUT2D eigenvalue weighted by Crippen LogP contribution is 2.29. The van der Waals surface area contributed by atoms with E-state index in [0.717, 1.165) is 75.3 Å². The number of imidazole rings is 2. The summed E-state index contributed by atoms with van der Waals surface area (Å²) in [5.74, 6) is 0. The molecule has 0 radical (unpaired) electrons.